The van der Waals surface area contributed by atoms with Gasteiger partial charge in [-0.05, 0) is 12.5 Å². The Kier molecular flexibility index (Phi) is 2.33. The molecule has 0 aliphatic rings. The topological polar surface area (TPSA) is 43.6 Å². The molecule has 3 rings (SSSR count). The van der Waals surface area contributed by atoms with Crippen molar-refractivity contribution < 1.29 is 0 Å². The van der Waals surface area contributed by atoms with E-state index >= 15 is 0 Å². The maximum Gasteiger partial charge on any atom is 0.161 e. The van der Waals surface area contributed by atoms with Gasteiger partial charge >= 0.3 is 0 Å². The van der Waals surface area contributed by atoms with Crippen LogP contribution < -0.4 is 0 Å². The Bertz CT molecular complexity index is 643. The molecule has 4 nitrogen and oxygen atoms in total. The Morgan fingerprint density at radius 1 is 1.12 bits per heavy atom. The van der Waals surface area contributed by atoms with Gasteiger partial charge in [0.1, 0.15) is 5.82 Å². The van der Waals surface area contributed by atoms with Crippen LogP contribution in [0.15, 0.2) is 42.7 Å². The molecule has 2 heterocycles. The predicted molar refractivity (Wildman–Crippen MR) is 65.6 cm³/mol. The first-order valence-electron chi connectivity index (χ1n) is 5.52. The second-order valence-electron chi connectivity index (χ2n) is 3.98. The highest BCUT2D eigenvalue weighted by Crippen LogP contribution is 2.11. The molecule has 0 aliphatic carbocycles. The van der Waals surface area contributed by atoms with E-state index in [1.54, 1.807) is 6.20 Å². The number of nitrogens with zero attached hydrogens (tertiary/aromatic N) is 4. The third-order valence-electron chi connectivity index (χ3n) is 2.67. The Balaban J connectivity index is 2.03. The lowest BCUT2D eigenvalue weighted by Crippen LogP contribution is -2.03. The summed E-state index contributed by atoms with van der Waals surface area (Å²) in [6.07, 6.45) is 3.61. The number of rotatable bonds is 2. The Morgan fingerprint density at radius 3 is 2.76 bits per heavy atom. The highest BCUT2D eigenvalue weighted by atomic mass is 15.3. The number of aromatic nitrogens is 4. The first-order valence-corrected chi connectivity index (χ1v) is 5.52. The van der Waals surface area contributed by atoms with Crippen LogP contribution in [0.5, 0.6) is 0 Å². The quantitative estimate of drug-likeness (QED) is 0.670. The average molecular weight is 224 g/mol. The number of hydrogen-bond acceptors (Lipinski definition) is 3. The molecular weight excluding hydrogens is 212 g/mol. The van der Waals surface area contributed by atoms with Crippen LogP contribution in [-0.4, -0.2) is 19.7 Å². The lowest BCUT2D eigenvalue weighted by atomic mass is 10.2. The van der Waals surface area contributed by atoms with E-state index in [0.717, 1.165) is 23.4 Å². The third-order valence-corrected chi connectivity index (χ3v) is 2.67. The predicted octanol–water partition coefficient (Wildman–Crippen LogP) is 2.18. The molecule has 2 aromatic heterocycles. The minimum absolute atomic E-state index is 0.737. The molecule has 0 amide bonds. The van der Waals surface area contributed by atoms with E-state index in [1.165, 1.54) is 5.56 Å². The summed E-state index contributed by atoms with van der Waals surface area (Å²) >= 11 is 0. The minimum Gasteiger partial charge on any atom is -0.243 e. The van der Waals surface area contributed by atoms with Crippen molar-refractivity contribution in [1.29, 1.82) is 0 Å². The van der Waals surface area contributed by atoms with Crippen molar-refractivity contribution in [1.82, 2.24) is 19.7 Å². The van der Waals surface area contributed by atoms with Crippen LogP contribution in [0.25, 0.3) is 11.0 Å². The van der Waals surface area contributed by atoms with Crippen LogP contribution in [0.4, 0.5) is 0 Å². The van der Waals surface area contributed by atoms with Crippen LogP contribution in [-0.2, 0) is 6.54 Å². The van der Waals surface area contributed by atoms with Gasteiger partial charge in [-0.25, -0.2) is 14.6 Å². The molecule has 0 N–H and O–H groups in total. The van der Waals surface area contributed by atoms with Crippen molar-refractivity contribution in [2.45, 2.75) is 13.5 Å². The summed E-state index contributed by atoms with van der Waals surface area (Å²) in [7, 11) is 0. The summed E-state index contributed by atoms with van der Waals surface area (Å²) in [6.45, 7) is 2.63. The van der Waals surface area contributed by atoms with Crippen molar-refractivity contribution in [3.63, 3.8) is 0 Å². The van der Waals surface area contributed by atoms with Gasteiger partial charge in [0.15, 0.2) is 5.65 Å². The van der Waals surface area contributed by atoms with Crippen molar-refractivity contribution in [3.8, 4) is 0 Å². The molecule has 1 aromatic carbocycles. The fourth-order valence-corrected chi connectivity index (χ4v) is 1.82. The van der Waals surface area contributed by atoms with Crippen LogP contribution in [0.2, 0.25) is 0 Å². The van der Waals surface area contributed by atoms with Gasteiger partial charge in [0.05, 0.1) is 18.1 Å². The molecule has 0 atom stereocenters. The highest BCUT2D eigenvalue weighted by molar-refractivity contribution is 5.73. The van der Waals surface area contributed by atoms with Crippen LogP contribution >= 0.6 is 0 Å². The molecule has 3 aromatic rings. The molecule has 0 aliphatic heterocycles. The van der Waals surface area contributed by atoms with Crippen LogP contribution in [0.3, 0.4) is 0 Å². The number of fused-ring (bicyclic) bond motifs is 1. The summed E-state index contributed by atoms with van der Waals surface area (Å²) < 4.78 is 1.90. The molecular formula is C13H12N4. The Labute approximate surface area is 98.9 Å². The summed E-state index contributed by atoms with van der Waals surface area (Å²) in [4.78, 5) is 8.58. The van der Waals surface area contributed by atoms with Crippen LogP contribution in [0.1, 0.15) is 11.4 Å². The molecule has 0 bridgehead atoms. The SMILES string of the molecule is Cc1ncc2cnn(Cc3ccccc3)c2n1. The number of hydrogen-bond donors (Lipinski definition) is 0. The fraction of sp³-hybridized carbons (Fsp3) is 0.154. The fourth-order valence-electron chi connectivity index (χ4n) is 1.82. The number of aryl methyl sites for hydroxylation is 1. The van der Waals surface area contributed by atoms with Gasteiger partial charge in [-0.2, -0.15) is 5.10 Å². The van der Waals surface area contributed by atoms with Gasteiger partial charge in [-0.1, -0.05) is 30.3 Å². The molecule has 0 spiro atoms. The van der Waals surface area contributed by atoms with Gasteiger partial charge in [0.2, 0.25) is 0 Å². The smallest absolute Gasteiger partial charge is 0.161 e. The molecule has 0 unspecified atom stereocenters. The maximum atomic E-state index is 4.42. The molecule has 17 heavy (non-hydrogen) atoms. The summed E-state index contributed by atoms with van der Waals surface area (Å²) in [5.41, 5.74) is 2.11. The second kappa shape index (κ2) is 3.97. The van der Waals surface area contributed by atoms with E-state index in [0.29, 0.717) is 0 Å². The number of benzene rings is 1. The van der Waals surface area contributed by atoms with Crippen molar-refractivity contribution in [3.05, 3.63) is 54.1 Å². The molecule has 0 fully saturated rings. The lowest BCUT2D eigenvalue weighted by Gasteiger charge is -2.03. The molecule has 0 saturated carbocycles. The van der Waals surface area contributed by atoms with Gasteiger partial charge in [0.25, 0.3) is 0 Å². The first-order chi connectivity index (χ1) is 8.33. The third kappa shape index (κ3) is 1.89. The summed E-state index contributed by atoms with van der Waals surface area (Å²) in [5, 5.41) is 5.32. The Morgan fingerprint density at radius 2 is 1.94 bits per heavy atom. The molecule has 4 heteroatoms. The normalized spacial score (nSPS) is 10.9. The van der Waals surface area contributed by atoms with E-state index in [-0.39, 0.29) is 0 Å². The second-order valence-corrected chi connectivity index (χ2v) is 3.98. The molecule has 84 valence electrons. The standard InChI is InChI=1S/C13H12N4/c1-10-14-7-12-8-15-17(13(12)16-10)9-11-5-3-2-4-6-11/h2-8H,9H2,1H3. The first kappa shape index (κ1) is 9.96. The van der Waals surface area contributed by atoms with E-state index < -0.39 is 0 Å². The Hall–Kier alpha value is -2.23. The monoisotopic (exact) mass is 224 g/mol. The van der Waals surface area contributed by atoms with E-state index in [9.17, 15) is 0 Å². The van der Waals surface area contributed by atoms with Crippen LogP contribution in [0, 0.1) is 6.92 Å². The minimum atomic E-state index is 0.737. The van der Waals surface area contributed by atoms with Crippen molar-refractivity contribution >= 4 is 11.0 Å². The highest BCUT2D eigenvalue weighted by Gasteiger charge is 2.05. The van der Waals surface area contributed by atoms with E-state index in [2.05, 4.69) is 27.2 Å². The van der Waals surface area contributed by atoms with Crippen molar-refractivity contribution in [2.24, 2.45) is 0 Å². The maximum absolute atomic E-state index is 4.42. The largest absolute Gasteiger partial charge is 0.243 e. The van der Waals surface area contributed by atoms with Gasteiger partial charge in [-0.15, -0.1) is 0 Å². The average Bonchev–Trinajstić information content (AvgIpc) is 2.73. The summed E-state index contributed by atoms with van der Waals surface area (Å²) in [6, 6.07) is 10.2. The summed E-state index contributed by atoms with van der Waals surface area (Å²) in [5.74, 6) is 0.771. The van der Waals surface area contributed by atoms with Gasteiger partial charge in [-0.3, -0.25) is 0 Å². The zero-order chi connectivity index (χ0) is 11.7. The molecule has 0 saturated heterocycles. The zero-order valence-electron chi connectivity index (χ0n) is 9.54. The molecule has 0 radical (unpaired) electrons. The van der Waals surface area contributed by atoms with Gasteiger partial charge in [0, 0.05) is 6.20 Å². The van der Waals surface area contributed by atoms with Gasteiger partial charge < -0.3 is 0 Å². The zero-order valence-corrected chi connectivity index (χ0v) is 9.54. The van der Waals surface area contributed by atoms with E-state index in [4.69, 9.17) is 0 Å². The van der Waals surface area contributed by atoms with E-state index in [1.807, 2.05) is 36.0 Å². The lowest BCUT2D eigenvalue weighted by molar-refractivity contribution is 0.702. The van der Waals surface area contributed by atoms with Crippen molar-refractivity contribution in [2.75, 3.05) is 0 Å².